The van der Waals surface area contributed by atoms with Crippen LogP contribution in [0.25, 0.3) is 0 Å². The lowest BCUT2D eigenvalue weighted by atomic mass is 10.1. The van der Waals surface area contributed by atoms with Crippen molar-refractivity contribution in [2.45, 2.75) is 13.8 Å². The van der Waals surface area contributed by atoms with E-state index in [0.29, 0.717) is 13.2 Å². The Balaban J connectivity index is 1.86. The van der Waals surface area contributed by atoms with Crippen molar-refractivity contribution in [3.63, 3.8) is 0 Å². The molecule has 1 amide bonds. The first-order chi connectivity index (χ1) is 9.95. The van der Waals surface area contributed by atoms with Gasteiger partial charge in [0, 0.05) is 7.05 Å². The summed E-state index contributed by atoms with van der Waals surface area (Å²) in [7, 11) is 1.70. The molecule has 21 heavy (non-hydrogen) atoms. The molecule has 0 saturated carbocycles. The Morgan fingerprint density at radius 1 is 1.24 bits per heavy atom. The van der Waals surface area contributed by atoms with Gasteiger partial charge in [-0.3, -0.25) is 4.79 Å². The third kappa shape index (κ3) is 4.26. The maximum Gasteiger partial charge on any atom is 0.289 e. The zero-order valence-corrected chi connectivity index (χ0v) is 13.1. The smallest absolute Gasteiger partial charge is 0.289 e. The monoisotopic (exact) mass is 307 g/mol. The summed E-state index contributed by atoms with van der Waals surface area (Å²) < 4.78 is 10.8. The van der Waals surface area contributed by atoms with Crippen LogP contribution in [0.4, 0.5) is 0 Å². The maximum absolute atomic E-state index is 12.0. The molecule has 0 fully saturated rings. The molecule has 0 saturated heterocycles. The van der Waals surface area contributed by atoms with Crippen LogP contribution in [-0.2, 0) is 0 Å². The number of ether oxygens (including phenoxy) is 1. The Morgan fingerprint density at radius 3 is 2.48 bits per heavy atom. The molecule has 0 radical (unpaired) electrons. The molecule has 0 atom stereocenters. The summed E-state index contributed by atoms with van der Waals surface area (Å²) in [5.74, 6) is 0.828. The largest absolute Gasteiger partial charge is 0.492 e. The molecule has 0 unspecified atom stereocenters. The standard InChI is InChI=1S/C16H18ClNO3/c1-11-8-12(2)10-13(9-11)20-7-6-18(3)16(19)14-4-5-15(17)21-14/h4-5,8-10H,6-7H2,1-3H3. The normalized spacial score (nSPS) is 10.5. The lowest BCUT2D eigenvalue weighted by Gasteiger charge is -2.16. The number of likely N-dealkylation sites (N-methyl/N-ethyl adjacent to an activating group) is 1. The maximum atomic E-state index is 12.0. The minimum atomic E-state index is -0.217. The second kappa shape index (κ2) is 6.68. The van der Waals surface area contributed by atoms with Gasteiger partial charge in [0.15, 0.2) is 11.0 Å². The second-order valence-corrected chi connectivity index (χ2v) is 5.37. The molecule has 1 aromatic heterocycles. The summed E-state index contributed by atoms with van der Waals surface area (Å²) in [5, 5.41) is 0.207. The van der Waals surface area contributed by atoms with Crippen LogP contribution < -0.4 is 4.74 Å². The van der Waals surface area contributed by atoms with E-state index in [4.69, 9.17) is 20.8 Å². The number of carbonyl (C=O) groups is 1. The lowest BCUT2D eigenvalue weighted by Crippen LogP contribution is -2.30. The number of hydrogen-bond acceptors (Lipinski definition) is 3. The van der Waals surface area contributed by atoms with E-state index in [1.165, 1.54) is 4.90 Å². The average molecular weight is 308 g/mol. The highest BCUT2D eigenvalue weighted by molar-refractivity contribution is 6.29. The van der Waals surface area contributed by atoms with E-state index in [1.807, 2.05) is 26.0 Å². The van der Waals surface area contributed by atoms with E-state index in [9.17, 15) is 4.79 Å². The molecule has 2 aromatic rings. The van der Waals surface area contributed by atoms with Crippen molar-refractivity contribution in [3.8, 4) is 5.75 Å². The number of benzene rings is 1. The quantitative estimate of drug-likeness (QED) is 0.846. The summed E-state index contributed by atoms with van der Waals surface area (Å²) in [6.07, 6.45) is 0. The summed E-state index contributed by atoms with van der Waals surface area (Å²) in [5.41, 5.74) is 2.30. The first-order valence-electron chi connectivity index (χ1n) is 6.67. The Kier molecular flexibility index (Phi) is 4.91. The Morgan fingerprint density at radius 2 is 1.90 bits per heavy atom. The summed E-state index contributed by atoms with van der Waals surface area (Å²) in [6.45, 7) is 4.93. The van der Waals surface area contributed by atoms with Crippen LogP contribution in [-0.4, -0.2) is 31.0 Å². The molecule has 5 heteroatoms. The van der Waals surface area contributed by atoms with Crippen LogP contribution in [0, 0.1) is 13.8 Å². The summed E-state index contributed by atoms with van der Waals surface area (Å²) >= 11 is 5.66. The van der Waals surface area contributed by atoms with E-state index in [0.717, 1.165) is 16.9 Å². The van der Waals surface area contributed by atoms with Crippen LogP contribution >= 0.6 is 11.6 Å². The number of nitrogens with zero attached hydrogens (tertiary/aromatic N) is 1. The van der Waals surface area contributed by atoms with Crippen molar-refractivity contribution in [1.82, 2.24) is 4.90 Å². The summed E-state index contributed by atoms with van der Waals surface area (Å²) in [6, 6.07) is 9.14. The minimum Gasteiger partial charge on any atom is -0.492 e. The van der Waals surface area contributed by atoms with Gasteiger partial charge in [0.2, 0.25) is 0 Å². The Bertz CT molecular complexity index is 616. The van der Waals surface area contributed by atoms with Crippen molar-refractivity contribution in [2.75, 3.05) is 20.2 Å². The molecule has 0 bridgehead atoms. The number of carbonyl (C=O) groups excluding carboxylic acids is 1. The number of amides is 1. The third-order valence-corrected chi connectivity index (χ3v) is 3.22. The molecule has 0 aliphatic heterocycles. The van der Waals surface area contributed by atoms with E-state index in [-0.39, 0.29) is 16.9 Å². The zero-order valence-electron chi connectivity index (χ0n) is 12.4. The minimum absolute atomic E-state index is 0.207. The third-order valence-electron chi connectivity index (χ3n) is 3.02. The van der Waals surface area contributed by atoms with E-state index < -0.39 is 0 Å². The van der Waals surface area contributed by atoms with Gasteiger partial charge < -0.3 is 14.1 Å². The van der Waals surface area contributed by atoms with Crippen molar-refractivity contribution in [3.05, 3.63) is 52.4 Å². The number of halogens is 1. The van der Waals surface area contributed by atoms with Gasteiger partial charge in [0.25, 0.3) is 5.91 Å². The Hall–Kier alpha value is -1.94. The first kappa shape index (κ1) is 15.4. The van der Waals surface area contributed by atoms with Gasteiger partial charge >= 0.3 is 0 Å². The van der Waals surface area contributed by atoms with Gasteiger partial charge in [-0.1, -0.05) is 6.07 Å². The number of aryl methyl sites for hydroxylation is 2. The highest BCUT2D eigenvalue weighted by atomic mass is 35.5. The van der Waals surface area contributed by atoms with Crippen LogP contribution in [0.5, 0.6) is 5.75 Å². The van der Waals surface area contributed by atoms with E-state index >= 15 is 0 Å². The predicted molar refractivity (Wildman–Crippen MR) is 82.1 cm³/mol. The van der Waals surface area contributed by atoms with Gasteiger partial charge in [0.1, 0.15) is 12.4 Å². The van der Waals surface area contributed by atoms with Gasteiger partial charge in [0.05, 0.1) is 6.54 Å². The fraction of sp³-hybridized carbons (Fsp3) is 0.312. The molecule has 112 valence electrons. The first-order valence-corrected chi connectivity index (χ1v) is 7.05. The molecular weight excluding hydrogens is 290 g/mol. The predicted octanol–water partition coefficient (Wildman–Crippen LogP) is 3.70. The molecule has 0 spiro atoms. The highest BCUT2D eigenvalue weighted by Crippen LogP contribution is 2.17. The molecule has 0 aliphatic carbocycles. The van der Waals surface area contributed by atoms with Crippen molar-refractivity contribution < 1.29 is 13.9 Å². The van der Waals surface area contributed by atoms with Gasteiger partial charge in [-0.05, 0) is 60.8 Å². The fourth-order valence-corrected chi connectivity index (χ4v) is 2.18. The van der Waals surface area contributed by atoms with Crippen molar-refractivity contribution >= 4 is 17.5 Å². The average Bonchev–Trinajstić information content (AvgIpc) is 2.83. The summed E-state index contributed by atoms with van der Waals surface area (Å²) in [4.78, 5) is 13.6. The van der Waals surface area contributed by atoms with Crippen molar-refractivity contribution in [2.24, 2.45) is 0 Å². The number of furan rings is 1. The molecule has 1 aromatic carbocycles. The van der Waals surface area contributed by atoms with Crippen molar-refractivity contribution in [1.29, 1.82) is 0 Å². The molecule has 0 N–H and O–H groups in total. The van der Waals surface area contributed by atoms with Crippen LogP contribution in [0.3, 0.4) is 0 Å². The van der Waals surface area contributed by atoms with Gasteiger partial charge in [-0.15, -0.1) is 0 Å². The van der Waals surface area contributed by atoms with Crippen LogP contribution in [0.15, 0.2) is 34.7 Å². The van der Waals surface area contributed by atoms with E-state index in [1.54, 1.807) is 19.2 Å². The molecule has 4 nitrogen and oxygen atoms in total. The Labute approximate surface area is 129 Å². The SMILES string of the molecule is Cc1cc(C)cc(OCCN(C)C(=O)c2ccc(Cl)o2)c1. The zero-order chi connectivity index (χ0) is 15.4. The molecule has 2 rings (SSSR count). The number of rotatable bonds is 5. The fourth-order valence-electron chi connectivity index (χ4n) is 2.04. The van der Waals surface area contributed by atoms with E-state index in [2.05, 4.69) is 6.07 Å². The van der Waals surface area contributed by atoms with Crippen LogP contribution in [0.1, 0.15) is 21.7 Å². The second-order valence-electron chi connectivity index (χ2n) is 5.00. The number of hydrogen-bond donors (Lipinski definition) is 0. The van der Waals surface area contributed by atoms with Gasteiger partial charge in [-0.25, -0.2) is 0 Å². The topological polar surface area (TPSA) is 42.7 Å². The lowest BCUT2D eigenvalue weighted by molar-refractivity contribution is 0.0742. The van der Waals surface area contributed by atoms with Crippen LogP contribution in [0.2, 0.25) is 5.22 Å². The highest BCUT2D eigenvalue weighted by Gasteiger charge is 2.15. The molecular formula is C16H18ClNO3. The molecule has 0 aliphatic rings. The molecule has 1 heterocycles. The van der Waals surface area contributed by atoms with Gasteiger partial charge in [-0.2, -0.15) is 0 Å².